The minimum atomic E-state index is 0.469. The third kappa shape index (κ3) is 3.65. The van der Waals surface area contributed by atoms with E-state index in [0.29, 0.717) is 24.9 Å². The van der Waals surface area contributed by atoms with Gasteiger partial charge in [-0.15, -0.1) is 0 Å². The van der Waals surface area contributed by atoms with Crippen LogP contribution >= 0.6 is 0 Å². The largest absolute Gasteiger partial charge is 0.234 e. The van der Waals surface area contributed by atoms with Gasteiger partial charge in [0.25, 0.3) is 0 Å². The van der Waals surface area contributed by atoms with E-state index in [2.05, 4.69) is 9.98 Å². The van der Waals surface area contributed by atoms with Crippen molar-refractivity contribution >= 4 is 12.2 Å². The normalized spacial score (nSPS) is 26.0. The molecular weight excluding hydrogens is 180 g/mol. The Balaban J connectivity index is 2.34. The second-order valence-corrected chi connectivity index (χ2v) is 3.76. The van der Waals surface area contributed by atoms with E-state index in [1.165, 1.54) is 0 Å². The van der Waals surface area contributed by atoms with Crippen LogP contribution in [-0.4, -0.2) is 25.2 Å². The molecule has 1 saturated carbocycles. The summed E-state index contributed by atoms with van der Waals surface area (Å²) < 4.78 is 0. The van der Waals surface area contributed by atoms with Gasteiger partial charge in [-0.05, 0) is 31.1 Å². The van der Waals surface area contributed by atoms with Crippen molar-refractivity contribution in [2.24, 2.45) is 21.8 Å². The van der Waals surface area contributed by atoms with Crippen LogP contribution < -0.4 is 0 Å². The zero-order valence-corrected chi connectivity index (χ0v) is 8.11. The Morgan fingerprint density at radius 1 is 1.00 bits per heavy atom. The molecule has 0 N–H and O–H groups in total. The summed E-state index contributed by atoms with van der Waals surface area (Å²) >= 11 is 0. The minimum Gasteiger partial charge on any atom is -0.211 e. The summed E-state index contributed by atoms with van der Waals surface area (Å²) in [5.41, 5.74) is 0. The Bertz CT molecular complexity index is 239. The van der Waals surface area contributed by atoms with E-state index in [1.54, 1.807) is 12.2 Å². The second-order valence-electron chi connectivity index (χ2n) is 3.76. The smallest absolute Gasteiger partial charge is 0.211 e. The Hall–Kier alpha value is -1.24. The molecule has 1 fully saturated rings. The predicted molar refractivity (Wildman–Crippen MR) is 51.4 cm³/mol. The molecule has 0 bridgehead atoms. The molecule has 4 nitrogen and oxygen atoms in total. The van der Waals surface area contributed by atoms with Gasteiger partial charge < -0.3 is 0 Å². The van der Waals surface area contributed by atoms with Gasteiger partial charge in [-0.2, -0.15) is 0 Å². The molecule has 14 heavy (non-hydrogen) atoms. The first kappa shape index (κ1) is 10.8. The van der Waals surface area contributed by atoms with E-state index in [4.69, 9.17) is 0 Å². The second kappa shape index (κ2) is 6.25. The monoisotopic (exact) mass is 194 g/mol. The summed E-state index contributed by atoms with van der Waals surface area (Å²) in [6, 6.07) is 0. The van der Waals surface area contributed by atoms with Crippen LogP contribution in [-0.2, 0) is 9.59 Å². The van der Waals surface area contributed by atoms with Crippen molar-refractivity contribution in [1.29, 1.82) is 0 Å². The summed E-state index contributed by atoms with van der Waals surface area (Å²) in [5.74, 6) is 0.939. The van der Waals surface area contributed by atoms with Crippen LogP contribution in [0.4, 0.5) is 0 Å². The Labute approximate surface area is 83.1 Å². The summed E-state index contributed by atoms with van der Waals surface area (Å²) in [4.78, 5) is 27.1. The van der Waals surface area contributed by atoms with E-state index in [1.807, 2.05) is 0 Å². The summed E-state index contributed by atoms with van der Waals surface area (Å²) in [7, 11) is 0. The van der Waals surface area contributed by atoms with Crippen LogP contribution in [0.25, 0.3) is 0 Å². The molecular formula is C10H14N2O2. The van der Waals surface area contributed by atoms with Crippen LogP contribution in [0.2, 0.25) is 0 Å². The lowest BCUT2D eigenvalue weighted by atomic mass is 9.81. The van der Waals surface area contributed by atoms with Crippen LogP contribution in [0.15, 0.2) is 9.98 Å². The Morgan fingerprint density at radius 2 is 1.50 bits per heavy atom. The highest BCUT2D eigenvalue weighted by Gasteiger charge is 2.21. The summed E-state index contributed by atoms with van der Waals surface area (Å²) in [5, 5.41) is 0. The van der Waals surface area contributed by atoms with Gasteiger partial charge in [0, 0.05) is 0 Å². The van der Waals surface area contributed by atoms with Crippen molar-refractivity contribution < 1.29 is 9.59 Å². The maximum absolute atomic E-state index is 9.94. The zero-order chi connectivity index (χ0) is 10.2. The SMILES string of the molecule is O=C=NC[C@H]1CCC[C@@H](CN=C=O)C1. The van der Waals surface area contributed by atoms with E-state index >= 15 is 0 Å². The third-order valence-electron chi connectivity index (χ3n) is 2.72. The topological polar surface area (TPSA) is 58.9 Å². The fourth-order valence-electron chi connectivity index (χ4n) is 2.07. The average Bonchev–Trinajstić information content (AvgIpc) is 2.24. The molecule has 0 unspecified atom stereocenters. The predicted octanol–water partition coefficient (Wildman–Crippen LogP) is 1.46. The molecule has 0 heterocycles. The molecule has 76 valence electrons. The first-order valence-electron chi connectivity index (χ1n) is 4.94. The maximum Gasteiger partial charge on any atom is 0.234 e. The van der Waals surface area contributed by atoms with Crippen LogP contribution in [0.3, 0.4) is 0 Å². The molecule has 0 aromatic carbocycles. The van der Waals surface area contributed by atoms with Crippen molar-refractivity contribution in [3.63, 3.8) is 0 Å². The number of aliphatic imine (C=N–C) groups is 2. The van der Waals surface area contributed by atoms with E-state index < -0.39 is 0 Å². The third-order valence-corrected chi connectivity index (χ3v) is 2.72. The van der Waals surface area contributed by atoms with E-state index in [-0.39, 0.29) is 0 Å². The minimum absolute atomic E-state index is 0.469. The van der Waals surface area contributed by atoms with Crippen LogP contribution in [0, 0.1) is 11.8 Å². The fraction of sp³-hybridized carbons (Fsp3) is 0.800. The van der Waals surface area contributed by atoms with Gasteiger partial charge in [0.1, 0.15) is 0 Å². The molecule has 0 spiro atoms. The van der Waals surface area contributed by atoms with Crippen molar-refractivity contribution in [1.82, 2.24) is 0 Å². The summed E-state index contributed by atoms with van der Waals surface area (Å²) in [6.07, 6.45) is 7.51. The maximum atomic E-state index is 9.94. The van der Waals surface area contributed by atoms with Gasteiger partial charge in [0.05, 0.1) is 13.1 Å². The molecule has 1 aliphatic rings. The Kier molecular flexibility index (Phi) is 4.84. The van der Waals surface area contributed by atoms with Crippen molar-refractivity contribution in [3.05, 3.63) is 0 Å². The molecule has 0 aromatic heterocycles. The van der Waals surface area contributed by atoms with Crippen LogP contribution in [0.1, 0.15) is 25.7 Å². The lowest BCUT2D eigenvalue weighted by molar-refractivity contribution is 0.278. The number of carbonyl (C=O) groups excluding carboxylic acids is 2. The van der Waals surface area contributed by atoms with Gasteiger partial charge in [0.15, 0.2) is 0 Å². The number of isocyanates is 2. The quantitative estimate of drug-likeness (QED) is 0.502. The number of rotatable bonds is 4. The van der Waals surface area contributed by atoms with Crippen molar-refractivity contribution in [2.75, 3.05) is 13.1 Å². The van der Waals surface area contributed by atoms with Gasteiger partial charge in [-0.1, -0.05) is 6.42 Å². The average molecular weight is 194 g/mol. The first-order chi connectivity index (χ1) is 6.86. The van der Waals surface area contributed by atoms with E-state index in [0.717, 1.165) is 25.7 Å². The van der Waals surface area contributed by atoms with Crippen LogP contribution in [0.5, 0.6) is 0 Å². The first-order valence-corrected chi connectivity index (χ1v) is 4.94. The summed E-state index contributed by atoms with van der Waals surface area (Å²) in [6.45, 7) is 1.15. The van der Waals surface area contributed by atoms with Crippen molar-refractivity contribution in [3.8, 4) is 0 Å². The molecule has 4 heteroatoms. The lowest BCUT2D eigenvalue weighted by Gasteiger charge is -2.26. The standard InChI is InChI=1S/C10H14N2O2/c13-7-11-5-9-2-1-3-10(4-9)6-12-8-14/h9-10H,1-6H2/t9-,10+. The van der Waals surface area contributed by atoms with Gasteiger partial charge in [-0.25, -0.2) is 19.6 Å². The van der Waals surface area contributed by atoms with Crippen molar-refractivity contribution in [2.45, 2.75) is 25.7 Å². The molecule has 1 aliphatic carbocycles. The number of hydrogen-bond donors (Lipinski definition) is 0. The lowest BCUT2D eigenvalue weighted by Crippen LogP contribution is -2.19. The van der Waals surface area contributed by atoms with Gasteiger partial charge in [0.2, 0.25) is 12.2 Å². The van der Waals surface area contributed by atoms with E-state index in [9.17, 15) is 9.59 Å². The highest BCUT2D eigenvalue weighted by Crippen LogP contribution is 2.29. The van der Waals surface area contributed by atoms with Gasteiger partial charge in [-0.3, -0.25) is 0 Å². The molecule has 0 aromatic rings. The molecule has 2 atom stereocenters. The number of hydrogen-bond acceptors (Lipinski definition) is 4. The molecule has 1 rings (SSSR count). The highest BCUT2D eigenvalue weighted by atomic mass is 16.1. The van der Waals surface area contributed by atoms with Gasteiger partial charge >= 0.3 is 0 Å². The highest BCUT2D eigenvalue weighted by molar-refractivity contribution is 5.33. The number of nitrogens with zero attached hydrogens (tertiary/aromatic N) is 2. The fourth-order valence-corrected chi connectivity index (χ4v) is 2.07. The Morgan fingerprint density at radius 3 is 1.93 bits per heavy atom. The molecule has 0 amide bonds. The molecule has 0 aliphatic heterocycles. The molecule has 0 radical (unpaired) electrons. The zero-order valence-electron chi connectivity index (χ0n) is 8.11. The molecule has 0 saturated heterocycles.